The van der Waals surface area contributed by atoms with Gasteiger partial charge in [0.1, 0.15) is 0 Å². The smallest absolute Gasteiger partial charge is 0.0462 e. The van der Waals surface area contributed by atoms with Gasteiger partial charge in [-0.25, -0.2) is 0 Å². The summed E-state index contributed by atoms with van der Waals surface area (Å²) in [6.45, 7) is 7.84. The van der Waals surface area contributed by atoms with Gasteiger partial charge in [0.05, 0.1) is 0 Å². The van der Waals surface area contributed by atoms with Gasteiger partial charge in [-0.1, -0.05) is 6.92 Å². The third kappa shape index (κ3) is 6.13. The number of hydrogen-bond donors (Lipinski definition) is 1. The van der Waals surface area contributed by atoms with Crippen LogP contribution >= 0.6 is 0 Å². The summed E-state index contributed by atoms with van der Waals surface area (Å²) >= 11 is 0. The van der Waals surface area contributed by atoms with Crippen LogP contribution in [-0.2, 0) is 4.74 Å². The molecule has 1 aliphatic rings. The third-order valence-electron chi connectivity index (χ3n) is 3.00. The van der Waals surface area contributed by atoms with Gasteiger partial charge in [0.25, 0.3) is 0 Å². The molecule has 1 fully saturated rings. The van der Waals surface area contributed by atoms with Gasteiger partial charge in [-0.2, -0.15) is 0 Å². The van der Waals surface area contributed by atoms with Crippen molar-refractivity contribution in [3.63, 3.8) is 0 Å². The van der Waals surface area contributed by atoms with E-state index in [0.29, 0.717) is 0 Å². The highest BCUT2D eigenvalue weighted by atomic mass is 16.5. The van der Waals surface area contributed by atoms with Crippen LogP contribution in [0.3, 0.4) is 0 Å². The molecule has 0 aromatic heterocycles. The average Bonchev–Trinajstić information content (AvgIpc) is 3.06. The van der Waals surface area contributed by atoms with Crippen LogP contribution in [0.1, 0.15) is 32.6 Å². The van der Waals surface area contributed by atoms with Crippen LogP contribution in [0, 0.1) is 0 Å². The van der Waals surface area contributed by atoms with E-state index >= 15 is 0 Å². The second-order valence-electron chi connectivity index (χ2n) is 4.31. The Morgan fingerprint density at radius 2 is 2.07 bits per heavy atom. The van der Waals surface area contributed by atoms with E-state index in [1.54, 1.807) is 7.11 Å². The maximum atomic E-state index is 5.01. The summed E-state index contributed by atoms with van der Waals surface area (Å²) in [6, 6.07) is 0.908. The van der Waals surface area contributed by atoms with Gasteiger partial charge < -0.3 is 10.1 Å². The minimum absolute atomic E-state index is 0.894. The fourth-order valence-electron chi connectivity index (χ4n) is 1.88. The third-order valence-corrected chi connectivity index (χ3v) is 3.00. The summed E-state index contributed by atoms with van der Waals surface area (Å²) in [5.41, 5.74) is 0. The van der Waals surface area contributed by atoms with Gasteiger partial charge in [0, 0.05) is 32.8 Å². The summed E-state index contributed by atoms with van der Waals surface area (Å²) < 4.78 is 5.01. The van der Waals surface area contributed by atoms with Gasteiger partial charge >= 0.3 is 0 Å². The van der Waals surface area contributed by atoms with Crippen molar-refractivity contribution in [2.24, 2.45) is 0 Å². The molecule has 3 heteroatoms. The lowest BCUT2D eigenvalue weighted by molar-refractivity contribution is 0.192. The molecule has 0 unspecified atom stereocenters. The second kappa shape index (κ2) is 8.08. The lowest BCUT2D eigenvalue weighted by Crippen LogP contribution is -2.33. The minimum atomic E-state index is 0.894. The Morgan fingerprint density at radius 1 is 1.27 bits per heavy atom. The zero-order valence-corrected chi connectivity index (χ0v) is 10.3. The number of unbranched alkanes of at least 4 members (excludes halogenated alkanes) is 1. The number of ether oxygens (including phenoxy) is 1. The molecule has 0 aliphatic heterocycles. The Bertz CT molecular complexity index is 149. The molecule has 0 atom stereocenters. The second-order valence-corrected chi connectivity index (χ2v) is 4.31. The quantitative estimate of drug-likeness (QED) is 0.558. The molecule has 15 heavy (non-hydrogen) atoms. The van der Waals surface area contributed by atoms with Gasteiger partial charge in [-0.05, 0) is 38.8 Å². The van der Waals surface area contributed by atoms with Crippen LogP contribution in [0.5, 0.6) is 0 Å². The van der Waals surface area contributed by atoms with Gasteiger partial charge in [-0.3, -0.25) is 4.90 Å². The van der Waals surface area contributed by atoms with E-state index in [1.807, 2.05) is 0 Å². The van der Waals surface area contributed by atoms with Crippen molar-refractivity contribution in [2.75, 3.05) is 39.9 Å². The molecule has 0 spiro atoms. The Kier molecular flexibility index (Phi) is 6.98. The van der Waals surface area contributed by atoms with E-state index in [1.165, 1.54) is 38.8 Å². The predicted octanol–water partition coefficient (Wildman–Crippen LogP) is 1.49. The molecule has 90 valence electrons. The normalized spacial score (nSPS) is 16.2. The fraction of sp³-hybridized carbons (Fsp3) is 1.00. The van der Waals surface area contributed by atoms with E-state index in [2.05, 4.69) is 17.1 Å². The highest BCUT2D eigenvalue weighted by molar-refractivity contribution is 4.83. The van der Waals surface area contributed by atoms with Gasteiger partial charge in [-0.15, -0.1) is 0 Å². The van der Waals surface area contributed by atoms with Crippen LogP contribution in [0.4, 0.5) is 0 Å². The maximum Gasteiger partial charge on any atom is 0.0462 e. The number of methoxy groups -OCH3 is 1. The molecule has 1 saturated carbocycles. The molecule has 1 rings (SSSR count). The van der Waals surface area contributed by atoms with Crippen molar-refractivity contribution in [2.45, 2.75) is 38.6 Å². The number of nitrogens with one attached hydrogen (secondary N) is 1. The first-order valence-corrected chi connectivity index (χ1v) is 6.32. The van der Waals surface area contributed by atoms with Crippen molar-refractivity contribution < 1.29 is 4.74 Å². The molecule has 0 heterocycles. The lowest BCUT2D eigenvalue weighted by Gasteiger charge is -2.19. The zero-order valence-electron chi connectivity index (χ0n) is 10.3. The van der Waals surface area contributed by atoms with Crippen LogP contribution in [0.2, 0.25) is 0 Å². The predicted molar refractivity (Wildman–Crippen MR) is 64.2 cm³/mol. The van der Waals surface area contributed by atoms with Crippen molar-refractivity contribution in [3.8, 4) is 0 Å². The Labute approximate surface area is 94.2 Å². The molecule has 3 nitrogen and oxygen atoms in total. The topological polar surface area (TPSA) is 24.5 Å². The number of nitrogens with zero attached hydrogens (tertiary/aromatic N) is 1. The standard InChI is InChI=1S/C12H26N2O/c1-3-14(12-6-7-12)10-9-13-8-4-5-11-15-2/h12-13H,3-11H2,1-2H3. The highest BCUT2D eigenvalue weighted by Crippen LogP contribution is 2.25. The number of likely N-dealkylation sites (N-methyl/N-ethyl adjacent to an activating group) is 1. The largest absolute Gasteiger partial charge is 0.385 e. The van der Waals surface area contributed by atoms with E-state index in [9.17, 15) is 0 Å². The van der Waals surface area contributed by atoms with Crippen molar-refractivity contribution in [1.29, 1.82) is 0 Å². The molecule has 0 amide bonds. The Morgan fingerprint density at radius 3 is 2.67 bits per heavy atom. The number of hydrogen-bond acceptors (Lipinski definition) is 3. The molecular weight excluding hydrogens is 188 g/mol. The monoisotopic (exact) mass is 214 g/mol. The molecule has 1 N–H and O–H groups in total. The van der Waals surface area contributed by atoms with E-state index in [0.717, 1.165) is 25.7 Å². The Balaban J connectivity index is 1.83. The molecule has 0 radical (unpaired) electrons. The van der Waals surface area contributed by atoms with Gasteiger partial charge in [0.15, 0.2) is 0 Å². The molecule has 0 saturated heterocycles. The first-order valence-electron chi connectivity index (χ1n) is 6.32. The first-order chi connectivity index (χ1) is 7.38. The van der Waals surface area contributed by atoms with Crippen LogP contribution < -0.4 is 5.32 Å². The first kappa shape index (κ1) is 12.9. The molecule has 0 aromatic rings. The summed E-state index contributed by atoms with van der Waals surface area (Å²) in [5.74, 6) is 0. The minimum Gasteiger partial charge on any atom is -0.385 e. The van der Waals surface area contributed by atoms with Gasteiger partial charge in [0.2, 0.25) is 0 Å². The molecule has 0 bridgehead atoms. The summed E-state index contributed by atoms with van der Waals surface area (Å²) in [6.07, 6.45) is 5.23. The molecular formula is C12H26N2O. The zero-order chi connectivity index (χ0) is 10.9. The van der Waals surface area contributed by atoms with Crippen LogP contribution in [0.15, 0.2) is 0 Å². The molecule has 0 aromatic carbocycles. The van der Waals surface area contributed by atoms with E-state index < -0.39 is 0 Å². The highest BCUT2D eigenvalue weighted by Gasteiger charge is 2.26. The van der Waals surface area contributed by atoms with Crippen molar-refractivity contribution in [1.82, 2.24) is 10.2 Å². The Hall–Kier alpha value is -0.120. The van der Waals surface area contributed by atoms with Crippen LogP contribution in [0.25, 0.3) is 0 Å². The summed E-state index contributed by atoms with van der Waals surface area (Å²) in [5, 5.41) is 3.49. The average molecular weight is 214 g/mol. The lowest BCUT2D eigenvalue weighted by atomic mass is 10.3. The van der Waals surface area contributed by atoms with E-state index in [-0.39, 0.29) is 0 Å². The SMILES string of the molecule is CCN(CCNCCCCOC)C1CC1. The summed E-state index contributed by atoms with van der Waals surface area (Å²) in [7, 11) is 1.77. The number of rotatable bonds is 10. The van der Waals surface area contributed by atoms with Crippen molar-refractivity contribution in [3.05, 3.63) is 0 Å². The van der Waals surface area contributed by atoms with Crippen molar-refractivity contribution >= 4 is 0 Å². The van der Waals surface area contributed by atoms with Crippen LogP contribution in [-0.4, -0.2) is 50.8 Å². The summed E-state index contributed by atoms with van der Waals surface area (Å²) in [4.78, 5) is 2.59. The maximum absolute atomic E-state index is 5.01. The fourth-order valence-corrected chi connectivity index (χ4v) is 1.88. The molecule has 1 aliphatic carbocycles. The van der Waals surface area contributed by atoms with E-state index in [4.69, 9.17) is 4.74 Å².